The SMILES string of the molecule is [2H]C([2H])(OC(=O)C(C)C)[C@H]1O[C@@](C#N)(c2ccc3c(N)ncnn23)[C@H](O)[C@@H]1OC(=O)C(C)C. The fraction of sp³-hybridized carbons (Fsp3) is 0.550. The van der Waals surface area contributed by atoms with Crippen LogP contribution in [0.4, 0.5) is 5.82 Å². The smallest absolute Gasteiger partial charge is 0.308 e. The predicted octanol–water partition coefficient (Wildman–Crippen LogP) is 0.557. The maximum Gasteiger partial charge on any atom is 0.308 e. The Labute approximate surface area is 181 Å². The number of ether oxygens (including phenoxy) is 3. The van der Waals surface area contributed by atoms with Gasteiger partial charge in [-0.05, 0) is 12.1 Å². The molecule has 0 aromatic carbocycles. The standard InChI is InChI=1S/C20H25N5O6/c1-10(2)18(27)29-7-13-15(30-19(28)11(3)4)16(26)20(8-21,31-13)14-6-5-12-17(22)23-9-24-25(12)14/h5-6,9-11,13,15-16,26H,7H2,1-4H3,(H2,22,23,24)/t13-,15-,16-,20+/m1/s1/i7D2. The van der Waals surface area contributed by atoms with E-state index in [1.54, 1.807) is 13.8 Å². The highest BCUT2D eigenvalue weighted by Gasteiger charge is 2.60. The summed E-state index contributed by atoms with van der Waals surface area (Å²) in [5.74, 6) is -2.84. The first-order valence-corrected chi connectivity index (χ1v) is 9.65. The predicted molar refractivity (Wildman–Crippen MR) is 106 cm³/mol. The highest BCUT2D eigenvalue weighted by atomic mass is 16.6. The number of aromatic nitrogens is 3. The molecular formula is C20H25N5O6. The van der Waals surface area contributed by atoms with Crippen molar-refractivity contribution < 1.29 is 31.6 Å². The summed E-state index contributed by atoms with van der Waals surface area (Å²) >= 11 is 0. The Morgan fingerprint density at radius 3 is 2.68 bits per heavy atom. The van der Waals surface area contributed by atoms with E-state index in [0.29, 0.717) is 5.52 Å². The van der Waals surface area contributed by atoms with Crippen molar-refractivity contribution in [1.29, 1.82) is 5.26 Å². The number of nitrogens with two attached hydrogens (primary N) is 1. The summed E-state index contributed by atoms with van der Waals surface area (Å²) in [5, 5.41) is 25.3. The summed E-state index contributed by atoms with van der Waals surface area (Å²) in [7, 11) is 0. The average Bonchev–Trinajstić information content (AvgIpc) is 3.29. The van der Waals surface area contributed by atoms with E-state index in [1.165, 1.54) is 30.5 Å². The number of nitrogen functional groups attached to an aromatic ring is 1. The third-order valence-corrected chi connectivity index (χ3v) is 4.84. The fourth-order valence-electron chi connectivity index (χ4n) is 3.05. The Morgan fingerprint density at radius 2 is 2.06 bits per heavy atom. The summed E-state index contributed by atoms with van der Waals surface area (Å²) in [4.78, 5) is 28.3. The van der Waals surface area contributed by atoms with E-state index in [1.807, 2.05) is 6.07 Å². The number of hydrogen-bond acceptors (Lipinski definition) is 10. The maximum atomic E-state index is 12.3. The number of anilines is 1. The Kier molecular flexibility index (Phi) is 5.40. The number of aliphatic hydroxyl groups is 1. The van der Waals surface area contributed by atoms with E-state index in [-0.39, 0.29) is 11.5 Å². The molecule has 1 fully saturated rings. The molecule has 0 unspecified atom stereocenters. The molecule has 0 spiro atoms. The molecule has 0 radical (unpaired) electrons. The Hall–Kier alpha value is -3.23. The van der Waals surface area contributed by atoms with Crippen LogP contribution in [0.1, 0.15) is 36.1 Å². The summed E-state index contributed by atoms with van der Waals surface area (Å²) in [6.45, 7) is 3.25. The lowest BCUT2D eigenvalue weighted by Gasteiger charge is -2.25. The summed E-state index contributed by atoms with van der Waals surface area (Å²) in [5.41, 5.74) is 3.92. The van der Waals surface area contributed by atoms with Gasteiger partial charge in [0.1, 0.15) is 36.7 Å². The second kappa shape index (κ2) is 8.49. The van der Waals surface area contributed by atoms with Crippen LogP contribution in [0.15, 0.2) is 18.5 Å². The quantitative estimate of drug-likeness (QED) is 0.615. The lowest BCUT2D eigenvalue weighted by atomic mass is 9.92. The first kappa shape index (κ1) is 19.7. The van der Waals surface area contributed by atoms with Crippen LogP contribution in [0, 0.1) is 23.2 Å². The molecule has 3 rings (SSSR count). The molecule has 11 nitrogen and oxygen atoms in total. The zero-order chi connectivity index (χ0) is 24.7. The van der Waals surface area contributed by atoms with Crippen molar-refractivity contribution in [3.8, 4) is 6.07 Å². The lowest BCUT2D eigenvalue weighted by Crippen LogP contribution is -2.43. The molecule has 0 amide bonds. The van der Waals surface area contributed by atoms with E-state index in [4.69, 9.17) is 22.7 Å². The molecule has 2 aromatic heterocycles. The average molecular weight is 433 g/mol. The van der Waals surface area contributed by atoms with Crippen LogP contribution in [0.3, 0.4) is 0 Å². The molecule has 1 saturated heterocycles. The van der Waals surface area contributed by atoms with Gasteiger partial charge in [-0.3, -0.25) is 9.59 Å². The first-order chi connectivity index (χ1) is 15.4. The van der Waals surface area contributed by atoms with Crippen molar-refractivity contribution in [1.82, 2.24) is 14.6 Å². The summed E-state index contributed by atoms with van der Waals surface area (Å²) in [6.07, 6.45) is -4.24. The van der Waals surface area contributed by atoms with Crippen LogP contribution in [0.2, 0.25) is 0 Å². The minimum Gasteiger partial charge on any atom is -0.463 e. The molecule has 1 aliphatic heterocycles. The van der Waals surface area contributed by atoms with Crippen molar-refractivity contribution in [2.75, 3.05) is 12.3 Å². The molecule has 2 aromatic rings. The number of rotatable bonds is 6. The third kappa shape index (κ3) is 3.92. The number of esters is 2. The van der Waals surface area contributed by atoms with Crippen LogP contribution in [0.25, 0.3) is 5.52 Å². The van der Waals surface area contributed by atoms with Gasteiger partial charge in [-0.2, -0.15) is 10.4 Å². The van der Waals surface area contributed by atoms with Gasteiger partial charge >= 0.3 is 11.9 Å². The second-order valence-corrected chi connectivity index (χ2v) is 7.74. The van der Waals surface area contributed by atoms with Gasteiger partial charge < -0.3 is 25.1 Å². The number of carbonyl (C=O) groups excluding carboxylic acids is 2. The van der Waals surface area contributed by atoms with E-state index in [0.717, 1.165) is 6.33 Å². The van der Waals surface area contributed by atoms with Gasteiger partial charge in [0.2, 0.25) is 5.60 Å². The molecule has 31 heavy (non-hydrogen) atoms. The summed E-state index contributed by atoms with van der Waals surface area (Å²) in [6, 6.07) is 4.76. The van der Waals surface area contributed by atoms with Gasteiger partial charge in [0.15, 0.2) is 11.9 Å². The topological polar surface area (TPSA) is 162 Å². The Bertz CT molecular complexity index is 1110. The van der Waals surface area contributed by atoms with E-state index >= 15 is 0 Å². The van der Waals surface area contributed by atoms with Gasteiger partial charge in [-0.15, -0.1) is 0 Å². The minimum absolute atomic E-state index is 0.000632. The van der Waals surface area contributed by atoms with Crippen molar-refractivity contribution >= 4 is 23.3 Å². The first-order valence-electron chi connectivity index (χ1n) is 10.6. The molecule has 3 N–H and O–H groups in total. The van der Waals surface area contributed by atoms with Gasteiger partial charge in [0.05, 0.1) is 20.3 Å². The zero-order valence-electron chi connectivity index (χ0n) is 19.5. The number of aliphatic hydroxyl groups excluding tert-OH is 1. The van der Waals surface area contributed by atoms with Crippen LogP contribution in [-0.2, 0) is 29.4 Å². The number of nitrogens with zero attached hydrogens (tertiary/aromatic N) is 4. The Balaban J connectivity index is 2.13. The third-order valence-electron chi connectivity index (χ3n) is 4.84. The van der Waals surface area contributed by atoms with Gasteiger partial charge in [-0.25, -0.2) is 9.50 Å². The van der Waals surface area contributed by atoms with E-state index < -0.39 is 54.2 Å². The van der Waals surface area contributed by atoms with Gasteiger partial charge in [0.25, 0.3) is 0 Å². The molecule has 11 heteroatoms. The zero-order valence-corrected chi connectivity index (χ0v) is 17.5. The molecule has 4 atom stereocenters. The van der Waals surface area contributed by atoms with Crippen molar-refractivity contribution in [3.05, 3.63) is 24.2 Å². The van der Waals surface area contributed by atoms with E-state index in [9.17, 15) is 20.0 Å². The molecule has 1 aliphatic rings. The molecule has 166 valence electrons. The molecular weight excluding hydrogens is 406 g/mol. The highest BCUT2D eigenvalue weighted by molar-refractivity contribution is 5.72. The number of carbonyl (C=O) groups is 2. The minimum atomic E-state index is -2.86. The van der Waals surface area contributed by atoms with Crippen LogP contribution < -0.4 is 5.73 Å². The molecule has 0 saturated carbocycles. The van der Waals surface area contributed by atoms with Crippen LogP contribution in [-0.4, -0.2) is 56.5 Å². The molecule has 3 heterocycles. The van der Waals surface area contributed by atoms with Crippen molar-refractivity contribution in [2.24, 2.45) is 11.8 Å². The fourth-order valence-corrected chi connectivity index (χ4v) is 3.05. The monoisotopic (exact) mass is 433 g/mol. The summed E-state index contributed by atoms with van der Waals surface area (Å²) < 4.78 is 34.0. The molecule has 0 bridgehead atoms. The lowest BCUT2D eigenvalue weighted by molar-refractivity contribution is -0.164. The largest absolute Gasteiger partial charge is 0.463 e. The number of hydrogen-bond donors (Lipinski definition) is 2. The highest BCUT2D eigenvalue weighted by Crippen LogP contribution is 2.42. The van der Waals surface area contributed by atoms with Crippen LogP contribution >= 0.6 is 0 Å². The van der Waals surface area contributed by atoms with Gasteiger partial charge in [0, 0.05) is 0 Å². The van der Waals surface area contributed by atoms with E-state index in [2.05, 4.69) is 10.1 Å². The maximum absolute atomic E-state index is 12.3. The number of nitriles is 1. The van der Waals surface area contributed by atoms with Gasteiger partial charge in [-0.1, -0.05) is 27.7 Å². The Morgan fingerprint density at radius 1 is 1.39 bits per heavy atom. The normalized spacial score (nSPS) is 27.1. The molecule has 0 aliphatic carbocycles. The van der Waals surface area contributed by atoms with Crippen molar-refractivity contribution in [3.63, 3.8) is 0 Å². The van der Waals surface area contributed by atoms with Crippen molar-refractivity contribution in [2.45, 2.75) is 51.6 Å². The van der Waals surface area contributed by atoms with Crippen LogP contribution in [0.5, 0.6) is 0 Å². The number of fused-ring (bicyclic) bond motifs is 1. The second-order valence-electron chi connectivity index (χ2n) is 7.74.